The Hall–Kier alpha value is -2.99. The van der Waals surface area contributed by atoms with Crippen molar-refractivity contribution in [3.8, 4) is 17.2 Å². The van der Waals surface area contributed by atoms with Gasteiger partial charge in [-0.1, -0.05) is 18.5 Å². The number of aliphatic imine (C=N–C) groups is 1. The lowest BCUT2D eigenvalue weighted by Crippen LogP contribution is -2.05. The van der Waals surface area contributed by atoms with E-state index in [4.69, 9.17) is 30.5 Å². The van der Waals surface area contributed by atoms with Crippen LogP contribution in [0.15, 0.2) is 47.1 Å². The fourth-order valence-electron chi connectivity index (χ4n) is 2.59. The highest BCUT2D eigenvalue weighted by molar-refractivity contribution is 6.32. The van der Waals surface area contributed by atoms with Gasteiger partial charge in [-0.05, 0) is 54.5 Å². The van der Waals surface area contributed by atoms with Crippen LogP contribution in [0.4, 0.5) is 0 Å². The first-order chi connectivity index (χ1) is 13.5. The molecule has 1 aliphatic rings. The number of ether oxygens (including phenoxy) is 4. The van der Waals surface area contributed by atoms with Crippen molar-refractivity contribution < 1.29 is 23.7 Å². The predicted octanol–water partition coefficient (Wildman–Crippen LogP) is 4.49. The number of methoxy groups -OCH3 is 2. The molecule has 0 unspecified atom stereocenters. The van der Waals surface area contributed by atoms with Crippen LogP contribution in [-0.4, -0.2) is 32.7 Å². The molecule has 3 rings (SSSR count). The number of hydrogen-bond donors (Lipinski definition) is 0. The van der Waals surface area contributed by atoms with Crippen LogP contribution in [0.25, 0.3) is 6.08 Å². The molecule has 1 heterocycles. The van der Waals surface area contributed by atoms with E-state index in [1.54, 1.807) is 49.6 Å². The van der Waals surface area contributed by atoms with Crippen molar-refractivity contribution in [1.29, 1.82) is 0 Å². The van der Waals surface area contributed by atoms with Crippen LogP contribution in [-0.2, 0) is 9.53 Å². The maximum atomic E-state index is 12.2. The lowest BCUT2D eigenvalue weighted by Gasteiger charge is -2.12. The minimum absolute atomic E-state index is 0.172. The summed E-state index contributed by atoms with van der Waals surface area (Å²) < 4.78 is 21.4. The van der Waals surface area contributed by atoms with Crippen molar-refractivity contribution in [3.05, 3.63) is 58.2 Å². The summed E-state index contributed by atoms with van der Waals surface area (Å²) in [6.07, 6.45) is 2.44. The monoisotopic (exact) mass is 401 g/mol. The van der Waals surface area contributed by atoms with Gasteiger partial charge in [0, 0.05) is 5.56 Å². The Bertz CT molecular complexity index is 935. The van der Waals surface area contributed by atoms with E-state index in [0.717, 1.165) is 6.42 Å². The lowest BCUT2D eigenvalue weighted by molar-refractivity contribution is -0.129. The zero-order valence-electron chi connectivity index (χ0n) is 15.8. The summed E-state index contributed by atoms with van der Waals surface area (Å²) in [5.74, 6) is 1.37. The molecular weight excluding hydrogens is 382 g/mol. The van der Waals surface area contributed by atoms with Gasteiger partial charge in [-0.15, -0.1) is 0 Å². The highest BCUT2D eigenvalue weighted by atomic mass is 35.5. The summed E-state index contributed by atoms with van der Waals surface area (Å²) in [5.41, 5.74) is 1.50. The first-order valence-electron chi connectivity index (χ1n) is 8.73. The van der Waals surface area contributed by atoms with Crippen LogP contribution >= 0.6 is 11.6 Å². The molecule has 0 aromatic heterocycles. The van der Waals surface area contributed by atoms with E-state index in [1.807, 2.05) is 6.92 Å². The van der Waals surface area contributed by atoms with E-state index < -0.39 is 5.97 Å². The van der Waals surface area contributed by atoms with Crippen molar-refractivity contribution >= 4 is 29.5 Å². The summed E-state index contributed by atoms with van der Waals surface area (Å²) in [6, 6.07) is 10.5. The molecule has 0 amide bonds. The molecule has 2 aromatic carbocycles. The van der Waals surface area contributed by atoms with E-state index in [1.165, 1.54) is 7.11 Å². The number of nitrogens with zero attached hydrogens (tertiary/aromatic N) is 1. The predicted molar refractivity (Wildman–Crippen MR) is 107 cm³/mol. The first-order valence-corrected chi connectivity index (χ1v) is 9.10. The number of cyclic esters (lactones) is 1. The largest absolute Gasteiger partial charge is 0.497 e. The van der Waals surface area contributed by atoms with Gasteiger partial charge in [0.25, 0.3) is 0 Å². The average Bonchev–Trinajstić information content (AvgIpc) is 3.07. The fraction of sp³-hybridized carbons (Fsp3) is 0.238. The second-order valence-electron chi connectivity index (χ2n) is 5.95. The Morgan fingerprint density at radius 1 is 1.14 bits per heavy atom. The Kier molecular flexibility index (Phi) is 6.21. The van der Waals surface area contributed by atoms with Crippen LogP contribution in [0.3, 0.4) is 0 Å². The Labute approximate surface area is 168 Å². The van der Waals surface area contributed by atoms with Crippen molar-refractivity contribution in [2.75, 3.05) is 20.8 Å². The molecule has 28 heavy (non-hydrogen) atoms. The molecule has 0 fully saturated rings. The van der Waals surface area contributed by atoms with Crippen molar-refractivity contribution in [2.24, 2.45) is 4.99 Å². The molecule has 1 aliphatic heterocycles. The van der Waals surface area contributed by atoms with Gasteiger partial charge in [0.15, 0.2) is 17.2 Å². The normalized spacial score (nSPS) is 14.6. The van der Waals surface area contributed by atoms with Gasteiger partial charge >= 0.3 is 5.97 Å². The summed E-state index contributed by atoms with van der Waals surface area (Å²) in [5, 5.41) is 0.394. The highest BCUT2D eigenvalue weighted by Crippen LogP contribution is 2.37. The number of rotatable bonds is 7. The number of carbonyl (C=O) groups excluding carboxylic acids is 1. The molecule has 0 saturated heterocycles. The number of carbonyl (C=O) groups is 1. The molecule has 0 aliphatic carbocycles. The van der Waals surface area contributed by atoms with Crippen LogP contribution in [0.2, 0.25) is 5.02 Å². The molecule has 7 heteroatoms. The topological polar surface area (TPSA) is 66.3 Å². The van der Waals surface area contributed by atoms with Crippen LogP contribution in [0.5, 0.6) is 17.2 Å². The molecule has 0 radical (unpaired) electrons. The van der Waals surface area contributed by atoms with E-state index in [0.29, 0.717) is 40.0 Å². The second-order valence-corrected chi connectivity index (χ2v) is 6.35. The summed E-state index contributed by atoms with van der Waals surface area (Å²) in [7, 11) is 3.12. The molecule has 0 atom stereocenters. The molecule has 2 aromatic rings. The molecule has 0 bridgehead atoms. The fourth-order valence-corrected chi connectivity index (χ4v) is 2.87. The minimum Gasteiger partial charge on any atom is -0.497 e. The molecule has 0 N–H and O–H groups in total. The zero-order chi connectivity index (χ0) is 20.1. The van der Waals surface area contributed by atoms with Gasteiger partial charge in [0.1, 0.15) is 5.75 Å². The summed E-state index contributed by atoms with van der Waals surface area (Å²) in [4.78, 5) is 16.5. The third-order valence-corrected chi connectivity index (χ3v) is 4.24. The van der Waals surface area contributed by atoms with E-state index in [9.17, 15) is 4.79 Å². The van der Waals surface area contributed by atoms with Crippen LogP contribution < -0.4 is 14.2 Å². The number of benzene rings is 2. The maximum absolute atomic E-state index is 12.2. The Balaban J connectivity index is 1.90. The van der Waals surface area contributed by atoms with Gasteiger partial charge in [0.2, 0.25) is 5.90 Å². The van der Waals surface area contributed by atoms with Gasteiger partial charge in [-0.2, -0.15) is 0 Å². The number of halogens is 1. The van der Waals surface area contributed by atoms with Crippen LogP contribution in [0.1, 0.15) is 24.5 Å². The molecule has 0 saturated carbocycles. The second kappa shape index (κ2) is 8.80. The van der Waals surface area contributed by atoms with Gasteiger partial charge in [-0.3, -0.25) is 0 Å². The molecule has 0 spiro atoms. The van der Waals surface area contributed by atoms with E-state index in [-0.39, 0.29) is 11.6 Å². The summed E-state index contributed by atoms with van der Waals surface area (Å²) in [6.45, 7) is 2.53. The smallest absolute Gasteiger partial charge is 0.363 e. The van der Waals surface area contributed by atoms with Gasteiger partial charge in [-0.25, -0.2) is 9.79 Å². The average molecular weight is 402 g/mol. The third kappa shape index (κ3) is 4.28. The van der Waals surface area contributed by atoms with Crippen molar-refractivity contribution in [3.63, 3.8) is 0 Å². The third-order valence-electron chi connectivity index (χ3n) is 3.96. The quantitative estimate of drug-likeness (QED) is 0.505. The Morgan fingerprint density at radius 2 is 1.89 bits per heavy atom. The first kappa shape index (κ1) is 19.8. The molecule has 146 valence electrons. The van der Waals surface area contributed by atoms with Gasteiger partial charge in [0.05, 0.1) is 25.8 Å². The van der Waals surface area contributed by atoms with Crippen LogP contribution in [0, 0.1) is 0 Å². The maximum Gasteiger partial charge on any atom is 0.363 e. The number of esters is 1. The number of hydrogen-bond acceptors (Lipinski definition) is 6. The Morgan fingerprint density at radius 3 is 2.54 bits per heavy atom. The molecular formula is C21H20ClNO5. The summed E-state index contributed by atoms with van der Waals surface area (Å²) >= 11 is 6.33. The van der Waals surface area contributed by atoms with E-state index >= 15 is 0 Å². The highest BCUT2D eigenvalue weighted by Gasteiger charge is 2.24. The SMILES string of the molecule is CCCOc1c(Cl)cc(/C=C2\N=C(c3ccc(OC)cc3)OC2=O)cc1OC. The zero-order valence-corrected chi connectivity index (χ0v) is 16.6. The van der Waals surface area contributed by atoms with Gasteiger partial charge < -0.3 is 18.9 Å². The standard InChI is InChI=1S/C21H20ClNO5/c1-4-9-27-19-16(22)10-13(12-18(19)26-3)11-17-21(24)28-20(23-17)14-5-7-15(25-2)8-6-14/h5-8,10-12H,4,9H2,1-3H3/b17-11-. The van der Waals surface area contributed by atoms with Crippen molar-refractivity contribution in [1.82, 2.24) is 0 Å². The lowest BCUT2D eigenvalue weighted by atomic mass is 10.1. The molecule has 6 nitrogen and oxygen atoms in total. The minimum atomic E-state index is -0.535. The van der Waals surface area contributed by atoms with Crippen molar-refractivity contribution in [2.45, 2.75) is 13.3 Å². The van der Waals surface area contributed by atoms with E-state index in [2.05, 4.69) is 4.99 Å².